The Morgan fingerprint density at radius 1 is 1.27 bits per heavy atom. The van der Waals surface area contributed by atoms with Gasteiger partial charge in [0.25, 0.3) is 0 Å². The summed E-state index contributed by atoms with van der Waals surface area (Å²) in [5.41, 5.74) is 0.524. The fourth-order valence-electron chi connectivity index (χ4n) is 1.92. The monoisotopic (exact) mass is 326 g/mol. The minimum atomic E-state index is -0.597. The molecule has 0 bridgehead atoms. The van der Waals surface area contributed by atoms with Crippen molar-refractivity contribution >= 4 is 23.4 Å². The third-order valence-corrected chi connectivity index (χ3v) is 3.32. The Morgan fingerprint density at radius 2 is 1.91 bits per heavy atom. The van der Waals surface area contributed by atoms with Crippen molar-refractivity contribution in [1.82, 2.24) is 10.2 Å². The molecule has 0 saturated carbocycles. The maximum Gasteiger partial charge on any atom is 0.307 e. The summed E-state index contributed by atoms with van der Waals surface area (Å²) in [4.78, 5) is 26.2. The van der Waals surface area contributed by atoms with Crippen LogP contribution in [0.4, 0.5) is 0 Å². The Morgan fingerprint density at radius 3 is 2.45 bits per heavy atom. The molecule has 0 radical (unpaired) electrons. The number of nitrogens with one attached hydrogen (secondary N) is 1. The molecule has 0 aliphatic heterocycles. The van der Waals surface area contributed by atoms with Gasteiger partial charge in [0.1, 0.15) is 0 Å². The summed E-state index contributed by atoms with van der Waals surface area (Å²) in [6, 6.07) is 6.05. The van der Waals surface area contributed by atoms with Crippen molar-refractivity contribution in [1.29, 1.82) is 0 Å². The van der Waals surface area contributed by atoms with E-state index in [4.69, 9.17) is 16.3 Å². The number of ether oxygens (including phenoxy) is 1. The second kappa shape index (κ2) is 9.56. The van der Waals surface area contributed by atoms with Crippen LogP contribution in [0.5, 0.6) is 0 Å². The lowest BCUT2D eigenvalue weighted by Gasteiger charge is -2.18. The normalized spacial score (nSPS) is 12.2. The molecule has 1 aromatic carbocycles. The Kier molecular flexibility index (Phi) is 8.09. The van der Waals surface area contributed by atoms with E-state index in [1.165, 1.54) is 0 Å². The quantitative estimate of drug-likeness (QED) is 0.555. The largest absolute Gasteiger partial charge is 0.466 e. The Hall–Kier alpha value is -1.43. The maximum absolute atomic E-state index is 12.5. The summed E-state index contributed by atoms with van der Waals surface area (Å²) in [5.74, 6) is -0.518. The number of likely N-dealkylation sites (N-methyl/N-ethyl adjacent to an activating group) is 1. The summed E-state index contributed by atoms with van der Waals surface area (Å²) in [5, 5.41) is 3.70. The van der Waals surface area contributed by atoms with Crippen molar-refractivity contribution in [3.8, 4) is 0 Å². The standard InChI is InChI=1S/C16H23ClN2O3/c1-4-22-15(20)11-14(18-9-10-19(2)3)16(21)12-5-7-13(17)8-6-12/h5-8,14,18H,4,9-11H2,1-3H3. The van der Waals surface area contributed by atoms with Gasteiger partial charge in [0.2, 0.25) is 0 Å². The van der Waals surface area contributed by atoms with Gasteiger partial charge in [-0.15, -0.1) is 0 Å². The average Bonchev–Trinajstić information content (AvgIpc) is 2.46. The molecule has 0 amide bonds. The van der Waals surface area contributed by atoms with Crippen molar-refractivity contribution in [3.05, 3.63) is 34.9 Å². The van der Waals surface area contributed by atoms with Gasteiger partial charge in [-0.1, -0.05) is 11.6 Å². The van der Waals surface area contributed by atoms with Crippen LogP contribution in [0, 0.1) is 0 Å². The van der Waals surface area contributed by atoms with Gasteiger partial charge < -0.3 is 15.0 Å². The first-order chi connectivity index (χ1) is 10.4. The minimum absolute atomic E-state index is 0.0166. The van der Waals surface area contributed by atoms with Gasteiger partial charge in [-0.05, 0) is 45.3 Å². The molecule has 0 saturated heterocycles. The summed E-state index contributed by atoms with van der Waals surface area (Å²) < 4.78 is 4.94. The minimum Gasteiger partial charge on any atom is -0.466 e. The first-order valence-electron chi connectivity index (χ1n) is 7.27. The molecule has 0 aliphatic carbocycles. The maximum atomic E-state index is 12.5. The number of nitrogens with zero attached hydrogens (tertiary/aromatic N) is 1. The van der Waals surface area contributed by atoms with E-state index in [0.717, 1.165) is 6.54 Å². The third-order valence-electron chi connectivity index (χ3n) is 3.07. The van der Waals surface area contributed by atoms with E-state index in [2.05, 4.69) is 5.32 Å². The highest BCUT2D eigenvalue weighted by atomic mass is 35.5. The highest BCUT2D eigenvalue weighted by molar-refractivity contribution is 6.30. The molecule has 5 nitrogen and oxygen atoms in total. The Bertz CT molecular complexity index is 489. The number of carbonyl (C=O) groups excluding carboxylic acids is 2. The van der Waals surface area contributed by atoms with E-state index in [1.807, 2.05) is 19.0 Å². The van der Waals surface area contributed by atoms with Gasteiger partial charge in [0.05, 0.1) is 19.1 Å². The summed E-state index contributed by atoms with van der Waals surface area (Å²) in [6.07, 6.45) is 0.0166. The van der Waals surface area contributed by atoms with Crippen molar-refractivity contribution in [3.63, 3.8) is 0 Å². The predicted molar refractivity (Wildman–Crippen MR) is 87.4 cm³/mol. The van der Waals surface area contributed by atoms with Crippen LogP contribution in [0.1, 0.15) is 23.7 Å². The smallest absolute Gasteiger partial charge is 0.307 e. The molecule has 0 aliphatic rings. The van der Waals surface area contributed by atoms with Gasteiger partial charge in [0, 0.05) is 23.7 Å². The highest BCUT2D eigenvalue weighted by Gasteiger charge is 2.23. The zero-order chi connectivity index (χ0) is 16.5. The Balaban J connectivity index is 2.75. The van der Waals surface area contributed by atoms with Crippen LogP contribution in [-0.4, -0.2) is 56.5 Å². The number of hydrogen-bond donors (Lipinski definition) is 1. The fraction of sp³-hybridized carbons (Fsp3) is 0.500. The number of halogens is 1. The molecule has 22 heavy (non-hydrogen) atoms. The topological polar surface area (TPSA) is 58.6 Å². The molecule has 0 heterocycles. The van der Waals surface area contributed by atoms with Gasteiger partial charge in [0.15, 0.2) is 5.78 Å². The number of Topliss-reactive ketones (excluding diaryl/α,β-unsaturated/α-hetero) is 1. The molecule has 122 valence electrons. The lowest BCUT2D eigenvalue weighted by molar-refractivity contribution is -0.143. The fourth-order valence-corrected chi connectivity index (χ4v) is 2.05. The van der Waals surface area contributed by atoms with Crippen LogP contribution >= 0.6 is 11.6 Å². The van der Waals surface area contributed by atoms with Crippen molar-refractivity contribution in [2.45, 2.75) is 19.4 Å². The number of rotatable bonds is 9. The zero-order valence-electron chi connectivity index (χ0n) is 13.3. The van der Waals surface area contributed by atoms with E-state index in [1.54, 1.807) is 31.2 Å². The summed E-state index contributed by atoms with van der Waals surface area (Å²) in [6.45, 7) is 3.43. The molecule has 1 rings (SSSR count). The van der Waals surface area contributed by atoms with Gasteiger partial charge in [-0.3, -0.25) is 9.59 Å². The van der Waals surface area contributed by atoms with Gasteiger partial charge in [-0.2, -0.15) is 0 Å². The molecule has 0 aromatic heterocycles. The van der Waals surface area contributed by atoms with Crippen molar-refractivity contribution < 1.29 is 14.3 Å². The number of ketones is 1. The summed E-state index contributed by atoms with van der Waals surface area (Å²) in [7, 11) is 3.89. The molecule has 1 N–H and O–H groups in total. The molecule has 1 unspecified atom stereocenters. The predicted octanol–water partition coefficient (Wildman–Crippen LogP) is 2.00. The van der Waals surface area contributed by atoms with Gasteiger partial charge in [-0.25, -0.2) is 0 Å². The van der Waals surface area contributed by atoms with E-state index in [9.17, 15) is 9.59 Å². The van der Waals surface area contributed by atoms with Crippen LogP contribution in [0.2, 0.25) is 5.02 Å². The van der Waals surface area contributed by atoms with Crippen LogP contribution in [0.15, 0.2) is 24.3 Å². The number of esters is 1. The molecule has 0 spiro atoms. The second-order valence-corrected chi connectivity index (χ2v) is 5.63. The summed E-state index contributed by atoms with van der Waals surface area (Å²) >= 11 is 5.83. The van der Waals surface area contributed by atoms with E-state index in [-0.39, 0.29) is 18.2 Å². The highest BCUT2D eigenvalue weighted by Crippen LogP contribution is 2.12. The van der Waals surface area contributed by atoms with E-state index >= 15 is 0 Å². The first-order valence-corrected chi connectivity index (χ1v) is 7.65. The number of hydrogen-bond acceptors (Lipinski definition) is 5. The van der Waals surface area contributed by atoms with Crippen LogP contribution in [0.3, 0.4) is 0 Å². The first kappa shape index (κ1) is 18.6. The molecule has 1 aromatic rings. The third kappa shape index (κ3) is 6.56. The Labute approximate surface area is 136 Å². The molecule has 0 fully saturated rings. The van der Waals surface area contributed by atoms with Crippen molar-refractivity contribution in [2.24, 2.45) is 0 Å². The van der Waals surface area contributed by atoms with Crippen LogP contribution in [0.25, 0.3) is 0 Å². The van der Waals surface area contributed by atoms with Crippen LogP contribution in [-0.2, 0) is 9.53 Å². The van der Waals surface area contributed by atoms with Crippen molar-refractivity contribution in [2.75, 3.05) is 33.8 Å². The number of benzene rings is 1. The molecular formula is C16H23ClN2O3. The lowest BCUT2D eigenvalue weighted by Crippen LogP contribution is -2.42. The zero-order valence-corrected chi connectivity index (χ0v) is 14.0. The van der Waals surface area contributed by atoms with Gasteiger partial charge >= 0.3 is 5.97 Å². The van der Waals surface area contributed by atoms with E-state index < -0.39 is 6.04 Å². The molecule has 6 heteroatoms. The number of carbonyl (C=O) groups is 2. The molecular weight excluding hydrogens is 304 g/mol. The lowest BCUT2D eigenvalue weighted by atomic mass is 10.0. The van der Waals surface area contributed by atoms with Crippen LogP contribution < -0.4 is 5.32 Å². The van der Waals surface area contributed by atoms with E-state index in [0.29, 0.717) is 23.7 Å². The second-order valence-electron chi connectivity index (χ2n) is 5.19. The SMILES string of the molecule is CCOC(=O)CC(NCCN(C)C)C(=O)c1ccc(Cl)cc1. The molecule has 1 atom stereocenters. The average molecular weight is 327 g/mol.